The topological polar surface area (TPSA) is 62.5 Å². The highest BCUT2D eigenvalue weighted by atomic mass is 19.4. The largest absolute Gasteiger partial charge is 0.416 e. The molecule has 4 fully saturated rings. The van der Waals surface area contributed by atoms with Crippen LogP contribution >= 0.6 is 0 Å². The number of halogens is 3. The van der Waals surface area contributed by atoms with Crippen LogP contribution in [0.2, 0.25) is 0 Å². The molecular weight excluding hydrogens is 381 g/mol. The lowest BCUT2D eigenvalue weighted by molar-refractivity contribution is -0.147. The number of pyridine rings is 1. The highest BCUT2D eigenvalue weighted by Crippen LogP contribution is 2.56. The maximum Gasteiger partial charge on any atom is 0.416 e. The molecule has 1 aromatic heterocycles. The summed E-state index contributed by atoms with van der Waals surface area (Å²) in [5.41, 5.74) is 5.26. The van der Waals surface area contributed by atoms with Crippen LogP contribution in [0.1, 0.15) is 50.5 Å². The number of aromatic nitrogens is 1. The lowest BCUT2D eigenvalue weighted by atomic mass is 9.78. The zero-order chi connectivity index (χ0) is 20.4. The molecule has 2 saturated heterocycles. The van der Waals surface area contributed by atoms with Crippen molar-refractivity contribution in [2.24, 2.45) is 17.1 Å². The van der Waals surface area contributed by atoms with Crippen molar-refractivity contribution in [3.05, 3.63) is 23.9 Å². The predicted octanol–water partition coefficient (Wildman–Crippen LogP) is 3.19. The standard InChI is InChI=1S/C21H27F3N4O/c22-21(23,24)14-5-7-26-18(9-14)27-11-16-3-4-17(12-27)28(16)19(29)20-6-1-2-13(20)8-15(25)10-20/h5,7,9,13,15-17H,1-4,6,8,10-12,25H2/t13?,15?,16-,17-,20?/m0/s1. The van der Waals surface area contributed by atoms with E-state index in [0.717, 1.165) is 57.1 Å². The number of hydrogen-bond acceptors (Lipinski definition) is 4. The summed E-state index contributed by atoms with van der Waals surface area (Å²) in [4.78, 5) is 21.9. The summed E-state index contributed by atoms with van der Waals surface area (Å²) in [6.45, 7) is 1.09. The van der Waals surface area contributed by atoms with Gasteiger partial charge in [0.25, 0.3) is 0 Å². The summed E-state index contributed by atoms with van der Waals surface area (Å²) < 4.78 is 39.3. The molecule has 0 radical (unpaired) electrons. The number of rotatable bonds is 2. The summed E-state index contributed by atoms with van der Waals surface area (Å²) in [6.07, 6.45) is 3.47. The number of carbonyl (C=O) groups excluding carboxylic acids is 1. The third-order valence-corrected chi connectivity index (χ3v) is 7.71. The molecule has 2 aliphatic carbocycles. The quantitative estimate of drug-likeness (QED) is 0.817. The maximum absolute atomic E-state index is 13.7. The van der Waals surface area contributed by atoms with Gasteiger partial charge in [0.05, 0.1) is 11.0 Å². The van der Waals surface area contributed by atoms with Gasteiger partial charge in [0.15, 0.2) is 0 Å². The zero-order valence-corrected chi connectivity index (χ0v) is 16.4. The van der Waals surface area contributed by atoms with E-state index >= 15 is 0 Å². The monoisotopic (exact) mass is 408 g/mol. The number of alkyl halides is 3. The van der Waals surface area contributed by atoms with Gasteiger partial charge in [-0.15, -0.1) is 0 Å². The molecule has 158 valence electrons. The van der Waals surface area contributed by atoms with Gasteiger partial charge >= 0.3 is 6.18 Å². The van der Waals surface area contributed by atoms with Crippen molar-refractivity contribution in [1.82, 2.24) is 9.88 Å². The Kier molecular flexibility index (Phi) is 4.35. The molecule has 5 rings (SSSR count). The molecule has 3 heterocycles. The Hall–Kier alpha value is -1.83. The SMILES string of the molecule is NC1CC2CCCC2(C(=O)N2[C@H]3CC[C@H]2CN(c2cc(C(F)(F)F)ccn2)C3)C1. The zero-order valence-electron chi connectivity index (χ0n) is 16.4. The van der Waals surface area contributed by atoms with Crippen molar-refractivity contribution in [3.8, 4) is 0 Å². The fourth-order valence-corrected chi connectivity index (χ4v) is 6.49. The number of nitrogens with zero attached hydrogens (tertiary/aromatic N) is 3. The average molecular weight is 408 g/mol. The van der Waals surface area contributed by atoms with Crippen molar-refractivity contribution in [2.45, 2.75) is 69.2 Å². The van der Waals surface area contributed by atoms with Gasteiger partial charge in [-0.2, -0.15) is 13.2 Å². The van der Waals surface area contributed by atoms with Crippen LogP contribution < -0.4 is 10.6 Å². The molecule has 1 aromatic rings. The molecule has 2 bridgehead atoms. The van der Waals surface area contributed by atoms with Crippen molar-refractivity contribution < 1.29 is 18.0 Å². The molecule has 2 aliphatic heterocycles. The third-order valence-electron chi connectivity index (χ3n) is 7.71. The number of hydrogen-bond donors (Lipinski definition) is 1. The smallest absolute Gasteiger partial charge is 0.352 e. The molecule has 5 nitrogen and oxygen atoms in total. The Balaban J connectivity index is 1.37. The fourth-order valence-electron chi connectivity index (χ4n) is 6.49. The van der Waals surface area contributed by atoms with E-state index in [1.54, 1.807) is 0 Å². The molecule has 3 unspecified atom stereocenters. The summed E-state index contributed by atoms with van der Waals surface area (Å²) >= 11 is 0. The Morgan fingerprint density at radius 3 is 2.62 bits per heavy atom. The Morgan fingerprint density at radius 2 is 1.93 bits per heavy atom. The molecule has 2 N–H and O–H groups in total. The van der Waals surface area contributed by atoms with Crippen molar-refractivity contribution in [3.63, 3.8) is 0 Å². The van der Waals surface area contributed by atoms with E-state index in [4.69, 9.17) is 5.73 Å². The van der Waals surface area contributed by atoms with Gasteiger partial charge < -0.3 is 15.5 Å². The van der Waals surface area contributed by atoms with Crippen LogP contribution in [-0.4, -0.2) is 47.0 Å². The van der Waals surface area contributed by atoms with E-state index in [1.807, 2.05) is 4.90 Å². The van der Waals surface area contributed by atoms with Crippen molar-refractivity contribution in [1.29, 1.82) is 0 Å². The molecule has 29 heavy (non-hydrogen) atoms. The van der Waals surface area contributed by atoms with Gasteiger partial charge in [-0.05, 0) is 56.6 Å². The molecule has 0 spiro atoms. The molecule has 4 aliphatic rings. The normalized spacial score (nSPS) is 36.6. The first-order chi connectivity index (χ1) is 13.8. The van der Waals surface area contributed by atoms with E-state index in [1.165, 1.54) is 6.20 Å². The Bertz CT molecular complexity index is 801. The molecule has 2 saturated carbocycles. The Labute approximate surface area is 168 Å². The first-order valence-electron chi connectivity index (χ1n) is 10.6. The van der Waals surface area contributed by atoms with Crippen molar-refractivity contribution in [2.75, 3.05) is 18.0 Å². The molecule has 8 heteroatoms. The number of amides is 1. The van der Waals surface area contributed by atoms with Crippen LogP contribution in [0.5, 0.6) is 0 Å². The lowest BCUT2D eigenvalue weighted by Gasteiger charge is -2.45. The second kappa shape index (κ2) is 6.59. The number of piperazine rings is 1. The minimum atomic E-state index is -4.38. The molecular formula is C21H27F3N4O. The van der Waals surface area contributed by atoms with E-state index < -0.39 is 11.7 Å². The van der Waals surface area contributed by atoms with Crippen LogP contribution in [-0.2, 0) is 11.0 Å². The van der Waals surface area contributed by atoms with E-state index in [9.17, 15) is 18.0 Å². The summed E-state index contributed by atoms with van der Waals surface area (Å²) in [7, 11) is 0. The number of anilines is 1. The van der Waals surface area contributed by atoms with Crippen LogP contribution in [0.3, 0.4) is 0 Å². The molecule has 1 amide bonds. The highest BCUT2D eigenvalue weighted by molar-refractivity contribution is 5.85. The van der Waals surface area contributed by atoms with Gasteiger partial charge in [-0.3, -0.25) is 4.79 Å². The molecule has 5 atom stereocenters. The number of carbonyl (C=O) groups is 1. The van der Waals surface area contributed by atoms with E-state index in [2.05, 4.69) is 9.88 Å². The predicted molar refractivity (Wildman–Crippen MR) is 102 cm³/mol. The highest BCUT2D eigenvalue weighted by Gasteiger charge is 2.58. The van der Waals surface area contributed by atoms with Gasteiger partial charge in [-0.1, -0.05) is 6.42 Å². The van der Waals surface area contributed by atoms with Gasteiger partial charge in [0.1, 0.15) is 5.82 Å². The molecule has 0 aromatic carbocycles. The summed E-state index contributed by atoms with van der Waals surface area (Å²) in [5.74, 6) is 1.01. The van der Waals surface area contributed by atoms with Crippen LogP contribution in [0.4, 0.5) is 19.0 Å². The minimum absolute atomic E-state index is 0.0463. The van der Waals surface area contributed by atoms with Gasteiger partial charge in [0.2, 0.25) is 5.91 Å². The minimum Gasteiger partial charge on any atom is -0.352 e. The first-order valence-corrected chi connectivity index (χ1v) is 10.6. The van der Waals surface area contributed by atoms with Gasteiger partial charge in [0, 0.05) is 37.4 Å². The van der Waals surface area contributed by atoms with Gasteiger partial charge in [-0.25, -0.2) is 4.98 Å². The number of fused-ring (bicyclic) bond motifs is 3. The van der Waals surface area contributed by atoms with Crippen LogP contribution in [0, 0.1) is 11.3 Å². The average Bonchev–Trinajstić information content (AvgIpc) is 3.29. The fraction of sp³-hybridized carbons (Fsp3) is 0.714. The van der Waals surface area contributed by atoms with E-state index in [-0.39, 0.29) is 29.4 Å². The number of nitrogens with two attached hydrogens (primary N) is 1. The Morgan fingerprint density at radius 1 is 1.21 bits per heavy atom. The van der Waals surface area contributed by atoms with E-state index in [0.29, 0.717) is 24.8 Å². The summed E-state index contributed by atoms with van der Waals surface area (Å²) in [5, 5.41) is 0. The second-order valence-corrected chi connectivity index (χ2v) is 9.35. The van der Waals surface area contributed by atoms with Crippen LogP contribution in [0.15, 0.2) is 18.3 Å². The maximum atomic E-state index is 13.7. The summed E-state index contributed by atoms with van der Waals surface area (Å²) in [6, 6.07) is 2.33. The second-order valence-electron chi connectivity index (χ2n) is 9.35. The third kappa shape index (κ3) is 3.02. The first kappa shape index (κ1) is 19.2. The lowest BCUT2D eigenvalue weighted by Crippen LogP contribution is -2.59. The van der Waals surface area contributed by atoms with Crippen molar-refractivity contribution >= 4 is 11.7 Å². The van der Waals surface area contributed by atoms with Crippen LogP contribution in [0.25, 0.3) is 0 Å².